The van der Waals surface area contributed by atoms with Crippen LogP contribution in [0, 0.1) is 0 Å². The van der Waals surface area contributed by atoms with Crippen molar-refractivity contribution in [2.45, 2.75) is 43.6 Å². The van der Waals surface area contributed by atoms with Crippen LogP contribution in [0.2, 0.25) is 0 Å². The van der Waals surface area contributed by atoms with Gasteiger partial charge in [-0.25, -0.2) is 13.1 Å². The lowest BCUT2D eigenvalue weighted by Crippen LogP contribution is -2.45. The summed E-state index contributed by atoms with van der Waals surface area (Å²) in [6.07, 6.45) is 2.59. The Morgan fingerprint density at radius 2 is 2.10 bits per heavy atom. The SMILES string of the molecule is NC(=S)c1cccc(CS(=O)(=O)NC2CCCCC2O)c1. The van der Waals surface area contributed by atoms with Crippen molar-refractivity contribution < 1.29 is 13.5 Å². The van der Waals surface area contributed by atoms with Crippen LogP contribution in [0.4, 0.5) is 0 Å². The highest BCUT2D eigenvalue weighted by molar-refractivity contribution is 7.88. The van der Waals surface area contributed by atoms with E-state index in [0.29, 0.717) is 24.0 Å². The summed E-state index contributed by atoms with van der Waals surface area (Å²) in [5.74, 6) is -0.146. The Kier molecular flexibility index (Phi) is 5.32. The molecular weight excluding hydrogens is 308 g/mol. The molecule has 0 amide bonds. The van der Waals surface area contributed by atoms with Gasteiger partial charge in [0.15, 0.2) is 0 Å². The Hall–Kier alpha value is -1.02. The number of benzene rings is 1. The zero-order valence-corrected chi connectivity index (χ0v) is 13.3. The molecule has 7 heteroatoms. The minimum absolute atomic E-state index is 0.146. The maximum atomic E-state index is 12.2. The van der Waals surface area contributed by atoms with E-state index in [1.54, 1.807) is 24.3 Å². The topological polar surface area (TPSA) is 92.4 Å². The van der Waals surface area contributed by atoms with E-state index in [-0.39, 0.29) is 16.8 Å². The molecule has 21 heavy (non-hydrogen) atoms. The smallest absolute Gasteiger partial charge is 0.216 e. The Labute approximate surface area is 130 Å². The summed E-state index contributed by atoms with van der Waals surface area (Å²) in [6.45, 7) is 0. The third-order valence-corrected chi connectivity index (χ3v) is 5.24. The average Bonchev–Trinajstić information content (AvgIpc) is 2.41. The normalized spacial score (nSPS) is 22.9. The average molecular weight is 328 g/mol. The third kappa shape index (κ3) is 4.74. The molecule has 1 aliphatic carbocycles. The molecule has 1 saturated carbocycles. The molecule has 0 bridgehead atoms. The van der Waals surface area contributed by atoms with E-state index < -0.39 is 16.1 Å². The fraction of sp³-hybridized carbons (Fsp3) is 0.500. The predicted octanol–water partition coefficient (Wildman–Crippen LogP) is 1.04. The number of nitrogens with one attached hydrogen (secondary N) is 1. The van der Waals surface area contributed by atoms with E-state index in [9.17, 15) is 13.5 Å². The molecule has 0 spiro atoms. The molecular formula is C14H20N2O3S2. The standard InChI is InChI=1S/C14H20N2O3S2/c15-14(20)11-5-3-4-10(8-11)9-21(18,19)16-12-6-1-2-7-13(12)17/h3-5,8,12-13,16-17H,1-2,6-7,9H2,(H2,15,20). The van der Waals surface area contributed by atoms with E-state index in [2.05, 4.69) is 4.72 Å². The van der Waals surface area contributed by atoms with Crippen LogP contribution in [0.25, 0.3) is 0 Å². The van der Waals surface area contributed by atoms with Crippen LogP contribution in [0.1, 0.15) is 36.8 Å². The van der Waals surface area contributed by atoms with Crippen molar-refractivity contribution in [2.24, 2.45) is 5.73 Å². The van der Waals surface area contributed by atoms with Gasteiger partial charge in [-0.3, -0.25) is 0 Å². The van der Waals surface area contributed by atoms with Crippen LogP contribution in [0.15, 0.2) is 24.3 Å². The first kappa shape index (κ1) is 16.4. The largest absolute Gasteiger partial charge is 0.391 e. The molecule has 0 saturated heterocycles. The maximum absolute atomic E-state index is 12.2. The van der Waals surface area contributed by atoms with Crippen molar-refractivity contribution >= 4 is 27.2 Å². The highest BCUT2D eigenvalue weighted by Crippen LogP contribution is 2.19. The first-order valence-electron chi connectivity index (χ1n) is 6.94. The van der Waals surface area contributed by atoms with E-state index in [4.69, 9.17) is 18.0 Å². The van der Waals surface area contributed by atoms with E-state index in [0.717, 1.165) is 12.8 Å². The van der Waals surface area contributed by atoms with E-state index in [1.807, 2.05) is 0 Å². The van der Waals surface area contributed by atoms with Gasteiger partial charge in [0.25, 0.3) is 0 Å². The van der Waals surface area contributed by atoms with Crippen LogP contribution in [0.5, 0.6) is 0 Å². The first-order valence-corrected chi connectivity index (χ1v) is 9.00. The van der Waals surface area contributed by atoms with E-state index >= 15 is 0 Å². The summed E-state index contributed by atoms with van der Waals surface area (Å²) in [4.78, 5) is 0.241. The lowest BCUT2D eigenvalue weighted by atomic mass is 9.93. The van der Waals surface area contributed by atoms with Crippen LogP contribution in [0.3, 0.4) is 0 Å². The van der Waals surface area contributed by atoms with Gasteiger partial charge in [0.05, 0.1) is 11.9 Å². The van der Waals surface area contributed by atoms with Gasteiger partial charge in [0.1, 0.15) is 4.99 Å². The van der Waals surface area contributed by atoms with Crippen LogP contribution < -0.4 is 10.5 Å². The van der Waals surface area contributed by atoms with Gasteiger partial charge in [-0.15, -0.1) is 0 Å². The summed E-state index contributed by atoms with van der Waals surface area (Å²) >= 11 is 4.89. The number of nitrogens with two attached hydrogens (primary N) is 1. The summed E-state index contributed by atoms with van der Waals surface area (Å²) in [5.41, 5.74) is 6.82. The van der Waals surface area contributed by atoms with Crippen molar-refractivity contribution in [3.8, 4) is 0 Å². The number of aliphatic hydroxyl groups excluding tert-OH is 1. The van der Waals surface area contributed by atoms with Gasteiger partial charge in [-0.05, 0) is 24.5 Å². The molecule has 1 aromatic rings. The van der Waals surface area contributed by atoms with Crippen molar-refractivity contribution in [2.75, 3.05) is 0 Å². The Morgan fingerprint density at radius 3 is 2.76 bits per heavy atom. The Bertz CT molecular complexity index is 616. The summed E-state index contributed by atoms with van der Waals surface area (Å²) < 4.78 is 27.0. The molecule has 4 N–H and O–H groups in total. The predicted molar refractivity (Wildman–Crippen MR) is 86.4 cm³/mol. The van der Waals surface area contributed by atoms with Crippen LogP contribution in [-0.2, 0) is 15.8 Å². The minimum atomic E-state index is -3.50. The molecule has 116 valence electrons. The highest BCUT2D eigenvalue weighted by Gasteiger charge is 2.27. The fourth-order valence-corrected chi connectivity index (χ4v) is 4.12. The summed E-state index contributed by atoms with van der Waals surface area (Å²) in [6, 6.07) is 6.49. The monoisotopic (exact) mass is 328 g/mol. The molecule has 1 fully saturated rings. The molecule has 2 unspecified atom stereocenters. The van der Waals surface area contributed by atoms with Crippen molar-refractivity contribution in [1.29, 1.82) is 0 Å². The second-order valence-corrected chi connectivity index (χ2v) is 7.59. The minimum Gasteiger partial charge on any atom is -0.391 e. The number of aliphatic hydroxyl groups is 1. The summed E-state index contributed by atoms with van der Waals surface area (Å²) in [7, 11) is -3.50. The maximum Gasteiger partial charge on any atom is 0.216 e. The summed E-state index contributed by atoms with van der Waals surface area (Å²) in [5, 5.41) is 9.85. The van der Waals surface area contributed by atoms with Gasteiger partial charge in [-0.1, -0.05) is 43.3 Å². The Morgan fingerprint density at radius 1 is 1.38 bits per heavy atom. The quantitative estimate of drug-likeness (QED) is 0.703. The van der Waals surface area contributed by atoms with Crippen molar-refractivity contribution in [1.82, 2.24) is 4.72 Å². The molecule has 0 aliphatic heterocycles. The zero-order chi connectivity index (χ0) is 15.5. The number of rotatable bonds is 5. The number of hydrogen-bond donors (Lipinski definition) is 3. The molecule has 2 rings (SSSR count). The number of thiocarbonyl (C=S) groups is 1. The molecule has 1 aromatic carbocycles. The van der Waals surface area contributed by atoms with Gasteiger partial charge >= 0.3 is 0 Å². The molecule has 1 aliphatic rings. The third-order valence-electron chi connectivity index (χ3n) is 3.63. The molecule has 0 heterocycles. The second kappa shape index (κ2) is 6.83. The second-order valence-electron chi connectivity index (χ2n) is 5.40. The van der Waals surface area contributed by atoms with E-state index in [1.165, 1.54) is 0 Å². The molecule has 2 atom stereocenters. The van der Waals surface area contributed by atoms with Crippen molar-refractivity contribution in [3.63, 3.8) is 0 Å². The van der Waals surface area contributed by atoms with Crippen LogP contribution >= 0.6 is 12.2 Å². The van der Waals surface area contributed by atoms with Gasteiger partial charge in [-0.2, -0.15) is 0 Å². The Balaban J connectivity index is 2.06. The zero-order valence-electron chi connectivity index (χ0n) is 11.7. The lowest BCUT2D eigenvalue weighted by Gasteiger charge is -2.28. The molecule has 0 radical (unpaired) electrons. The molecule has 0 aromatic heterocycles. The number of hydrogen-bond acceptors (Lipinski definition) is 4. The molecule has 5 nitrogen and oxygen atoms in total. The van der Waals surface area contributed by atoms with Gasteiger partial charge in [0, 0.05) is 11.6 Å². The van der Waals surface area contributed by atoms with Gasteiger partial charge in [0.2, 0.25) is 10.0 Å². The van der Waals surface area contributed by atoms with Crippen LogP contribution in [-0.4, -0.2) is 30.7 Å². The van der Waals surface area contributed by atoms with Gasteiger partial charge < -0.3 is 10.8 Å². The fourth-order valence-electron chi connectivity index (χ4n) is 2.55. The lowest BCUT2D eigenvalue weighted by molar-refractivity contribution is 0.101. The number of sulfonamides is 1. The first-order chi connectivity index (χ1) is 9.87. The van der Waals surface area contributed by atoms with Crippen molar-refractivity contribution in [3.05, 3.63) is 35.4 Å². The highest BCUT2D eigenvalue weighted by atomic mass is 32.2.